The fraction of sp³-hybridized carbons (Fsp3) is 0.429. The molecule has 1 aromatic carbocycles. The Labute approximate surface area is 112 Å². The number of likely N-dealkylation sites (N-methyl/N-ethyl adjacent to an activating group) is 1. The van der Waals surface area contributed by atoms with E-state index in [-0.39, 0.29) is 18.9 Å². The number of ether oxygens (including phenoxy) is 1. The Morgan fingerprint density at radius 1 is 1.32 bits per heavy atom. The summed E-state index contributed by atoms with van der Waals surface area (Å²) in [6.45, 7) is 2.21. The molecule has 1 amide bonds. The molecular formula is C14H19NO4. The molecule has 0 atom stereocenters. The molecule has 5 nitrogen and oxygen atoms in total. The molecule has 1 aromatic rings. The van der Waals surface area contributed by atoms with Crippen molar-refractivity contribution in [2.45, 2.75) is 19.8 Å². The number of hydrogen-bond acceptors (Lipinski definition) is 3. The number of carboxylic acid groups (broad SMARTS) is 1. The van der Waals surface area contributed by atoms with E-state index in [1.165, 1.54) is 11.9 Å². The minimum absolute atomic E-state index is 0.186. The monoisotopic (exact) mass is 265 g/mol. The molecule has 5 heteroatoms. The fourth-order valence-corrected chi connectivity index (χ4v) is 1.73. The summed E-state index contributed by atoms with van der Waals surface area (Å²) in [5.74, 6) is -0.419. The topological polar surface area (TPSA) is 66.8 Å². The number of carbonyl (C=O) groups is 2. The summed E-state index contributed by atoms with van der Waals surface area (Å²) in [5, 5.41) is 8.62. The second kappa shape index (κ2) is 7.41. The van der Waals surface area contributed by atoms with Crippen LogP contribution in [0.25, 0.3) is 0 Å². The molecule has 1 rings (SSSR count). The van der Waals surface area contributed by atoms with Gasteiger partial charge >= 0.3 is 5.97 Å². The highest BCUT2D eigenvalue weighted by Gasteiger charge is 2.13. The molecule has 0 spiro atoms. The summed E-state index contributed by atoms with van der Waals surface area (Å²) in [7, 11) is 1.49. The molecule has 0 aliphatic carbocycles. The Morgan fingerprint density at radius 3 is 2.63 bits per heavy atom. The van der Waals surface area contributed by atoms with Gasteiger partial charge in [0.15, 0.2) is 0 Å². The van der Waals surface area contributed by atoms with Crippen LogP contribution in [-0.2, 0) is 16.0 Å². The van der Waals surface area contributed by atoms with Gasteiger partial charge in [-0.2, -0.15) is 0 Å². The third-order valence-corrected chi connectivity index (χ3v) is 2.68. The normalized spacial score (nSPS) is 10.0. The van der Waals surface area contributed by atoms with Crippen LogP contribution >= 0.6 is 0 Å². The third-order valence-electron chi connectivity index (χ3n) is 2.68. The van der Waals surface area contributed by atoms with Gasteiger partial charge in [-0.25, -0.2) is 0 Å². The number of carbonyl (C=O) groups excluding carboxylic acids is 1. The minimum atomic E-state index is -1.01. The number of benzene rings is 1. The molecule has 0 saturated heterocycles. The van der Waals surface area contributed by atoms with Crippen LogP contribution in [0.15, 0.2) is 24.3 Å². The minimum Gasteiger partial charge on any atom is -0.494 e. The Bertz CT molecular complexity index is 445. The molecule has 1 N–H and O–H groups in total. The van der Waals surface area contributed by atoms with Crippen LogP contribution in [0, 0.1) is 0 Å². The lowest BCUT2D eigenvalue weighted by molar-refractivity contribution is -0.143. The van der Waals surface area contributed by atoms with Crippen molar-refractivity contribution >= 4 is 11.9 Å². The van der Waals surface area contributed by atoms with Crippen molar-refractivity contribution in [2.75, 3.05) is 20.2 Å². The first kappa shape index (κ1) is 15.0. The van der Waals surface area contributed by atoms with Crippen molar-refractivity contribution in [3.63, 3.8) is 0 Å². The van der Waals surface area contributed by atoms with E-state index in [1.54, 1.807) is 0 Å². The molecule has 0 aliphatic rings. The second-order valence-corrected chi connectivity index (χ2v) is 4.18. The van der Waals surface area contributed by atoms with Crippen LogP contribution in [0.1, 0.15) is 18.9 Å². The standard InChI is InChI=1S/C14H19NO4/c1-3-19-12-7-5-4-6-11(12)8-9-13(16)15(2)10-14(17)18/h4-7H,3,8-10H2,1-2H3,(H,17,18). The molecule has 0 aliphatic heterocycles. The maximum absolute atomic E-state index is 11.7. The number of rotatable bonds is 7. The second-order valence-electron chi connectivity index (χ2n) is 4.18. The van der Waals surface area contributed by atoms with Crippen molar-refractivity contribution in [1.29, 1.82) is 0 Å². The van der Waals surface area contributed by atoms with Gasteiger partial charge in [-0.15, -0.1) is 0 Å². The SMILES string of the molecule is CCOc1ccccc1CCC(=O)N(C)CC(=O)O. The Kier molecular flexibility index (Phi) is 5.85. The predicted molar refractivity (Wildman–Crippen MR) is 71.2 cm³/mol. The first-order valence-electron chi connectivity index (χ1n) is 6.21. The maximum Gasteiger partial charge on any atom is 0.323 e. The van der Waals surface area contributed by atoms with Crippen LogP contribution in [0.3, 0.4) is 0 Å². The Balaban J connectivity index is 2.56. The summed E-state index contributed by atoms with van der Waals surface area (Å²) < 4.78 is 5.48. The summed E-state index contributed by atoms with van der Waals surface area (Å²) in [4.78, 5) is 23.5. The van der Waals surface area contributed by atoms with Crippen LogP contribution in [0.4, 0.5) is 0 Å². The number of nitrogens with zero attached hydrogens (tertiary/aromatic N) is 1. The number of aryl methyl sites for hydroxylation is 1. The molecule has 0 aromatic heterocycles. The molecule has 104 valence electrons. The zero-order valence-corrected chi connectivity index (χ0v) is 11.3. The molecule has 19 heavy (non-hydrogen) atoms. The largest absolute Gasteiger partial charge is 0.494 e. The predicted octanol–water partition coefficient (Wildman–Crippen LogP) is 1.56. The van der Waals surface area contributed by atoms with Crippen molar-refractivity contribution < 1.29 is 19.4 Å². The Morgan fingerprint density at radius 2 is 2.00 bits per heavy atom. The lowest BCUT2D eigenvalue weighted by Gasteiger charge is -2.15. The van der Waals surface area contributed by atoms with Crippen molar-refractivity contribution in [3.8, 4) is 5.75 Å². The third kappa shape index (κ3) is 4.99. The molecule has 0 bridgehead atoms. The number of carboxylic acids is 1. The van der Waals surface area contributed by atoms with Gasteiger partial charge in [-0.05, 0) is 25.0 Å². The average molecular weight is 265 g/mol. The molecule has 0 radical (unpaired) electrons. The first-order valence-corrected chi connectivity index (χ1v) is 6.21. The zero-order valence-electron chi connectivity index (χ0n) is 11.3. The number of para-hydroxylation sites is 1. The molecule has 0 saturated carbocycles. The summed E-state index contributed by atoms with van der Waals surface area (Å²) in [5.41, 5.74) is 0.960. The summed E-state index contributed by atoms with van der Waals surface area (Å²) >= 11 is 0. The zero-order chi connectivity index (χ0) is 14.3. The van der Waals surface area contributed by atoms with E-state index >= 15 is 0 Å². The van der Waals surface area contributed by atoms with Gasteiger partial charge in [0, 0.05) is 13.5 Å². The van der Waals surface area contributed by atoms with Gasteiger partial charge in [0.05, 0.1) is 6.61 Å². The smallest absolute Gasteiger partial charge is 0.323 e. The highest BCUT2D eigenvalue weighted by atomic mass is 16.5. The van der Waals surface area contributed by atoms with E-state index in [9.17, 15) is 9.59 Å². The molecular weight excluding hydrogens is 246 g/mol. The van der Waals surface area contributed by atoms with E-state index in [0.29, 0.717) is 13.0 Å². The van der Waals surface area contributed by atoms with Crippen LogP contribution in [-0.4, -0.2) is 42.1 Å². The van der Waals surface area contributed by atoms with Crippen LogP contribution < -0.4 is 4.74 Å². The number of hydrogen-bond donors (Lipinski definition) is 1. The quantitative estimate of drug-likeness (QED) is 0.812. The van der Waals surface area contributed by atoms with Crippen LogP contribution in [0.2, 0.25) is 0 Å². The average Bonchev–Trinajstić information content (AvgIpc) is 2.37. The molecule has 0 heterocycles. The van der Waals surface area contributed by atoms with Gasteiger partial charge in [0.1, 0.15) is 12.3 Å². The van der Waals surface area contributed by atoms with E-state index in [1.807, 2.05) is 31.2 Å². The fourth-order valence-electron chi connectivity index (χ4n) is 1.73. The maximum atomic E-state index is 11.7. The number of aliphatic carboxylic acids is 1. The van der Waals surface area contributed by atoms with Gasteiger partial charge in [-0.3, -0.25) is 9.59 Å². The van der Waals surface area contributed by atoms with E-state index in [4.69, 9.17) is 9.84 Å². The highest BCUT2D eigenvalue weighted by molar-refractivity contribution is 5.81. The summed E-state index contributed by atoms with van der Waals surface area (Å²) in [6, 6.07) is 7.55. The number of amides is 1. The molecule has 0 unspecified atom stereocenters. The van der Waals surface area contributed by atoms with E-state index in [2.05, 4.69) is 0 Å². The van der Waals surface area contributed by atoms with E-state index < -0.39 is 5.97 Å². The van der Waals surface area contributed by atoms with Crippen molar-refractivity contribution in [2.24, 2.45) is 0 Å². The van der Waals surface area contributed by atoms with Gasteiger partial charge < -0.3 is 14.7 Å². The Hall–Kier alpha value is -2.04. The van der Waals surface area contributed by atoms with E-state index in [0.717, 1.165) is 11.3 Å². The lowest BCUT2D eigenvalue weighted by atomic mass is 10.1. The lowest BCUT2D eigenvalue weighted by Crippen LogP contribution is -2.32. The van der Waals surface area contributed by atoms with Crippen LogP contribution in [0.5, 0.6) is 5.75 Å². The van der Waals surface area contributed by atoms with Crippen molar-refractivity contribution in [1.82, 2.24) is 4.90 Å². The van der Waals surface area contributed by atoms with Gasteiger partial charge in [-0.1, -0.05) is 18.2 Å². The van der Waals surface area contributed by atoms with Gasteiger partial charge in [0.2, 0.25) is 5.91 Å². The summed E-state index contributed by atoms with van der Waals surface area (Å²) in [6.07, 6.45) is 0.812. The highest BCUT2D eigenvalue weighted by Crippen LogP contribution is 2.19. The van der Waals surface area contributed by atoms with Crippen molar-refractivity contribution in [3.05, 3.63) is 29.8 Å². The first-order chi connectivity index (χ1) is 9.04. The molecule has 0 fully saturated rings. The van der Waals surface area contributed by atoms with Gasteiger partial charge in [0.25, 0.3) is 0 Å².